The maximum Gasteiger partial charge on any atom is 0.354 e. The molecule has 20 heavy (non-hydrogen) atoms. The Bertz CT molecular complexity index is 676. The zero-order valence-corrected chi connectivity index (χ0v) is 10.6. The quantitative estimate of drug-likeness (QED) is 0.814. The molecule has 0 aliphatic carbocycles. The Morgan fingerprint density at radius 2 is 2.15 bits per heavy atom. The van der Waals surface area contributed by atoms with Gasteiger partial charge in [0.1, 0.15) is 5.82 Å². The number of nitrogens with one attached hydrogen (secondary N) is 1. The average Bonchev–Trinajstić information content (AvgIpc) is 2.82. The predicted molar refractivity (Wildman–Crippen MR) is 72.1 cm³/mol. The van der Waals surface area contributed by atoms with Gasteiger partial charge < -0.3 is 10.4 Å². The van der Waals surface area contributed by atoms with E-state index in [1.54, 1.807) is 30.1 Å². The second kappa shape index (κ2) is 5.79. The molecule has 0 aliphatic heterocycles. The van der Waals surface area contributed by atoms with Gasteiger partial charge in [0.2, 0.25) is 5.91 Å². The lowest BCUT2D eigenvalue weighted by Crippen LogP contribution is -2.11. The van der Waals surface area contributed by atoms with Gasteiger partial charge in [-0.1, -0.05) is 6.07 Å². The summed E-state index contributed by atoms with van der Waals surface area (Å²) in [5.41, 5.74) is 0.644. The number of anilines is 1. The molecule has 0 atom stereocenters. The van der Waals surface area contributed by atoms with Crippen molar-refractivity contribution in [2.75, 3.05) is 5.32 Å². The van der Waals surface area contributed by atoms with E-state index in [-0.39, 0.29) is 11.5 Å². The number of carboxylic acids is 1. The van der Waals surface area contributed by atoms with Crippen LogP contribution in [0.15, 0.2) is 36.5 Å². The number of carboxylic acid groups (broad SMARTS) is 1. The SMILES string of the molecule is Cn1nccc1C=CC(=O)Nc1cccc(C(=O)O)n1. The van der Waals surface area contributed by atoms with Gasteiger partial charge in [-0.3, -0.25) is 9.48 Å². The number of aryl methyl sites for hydroxylation is 1. The number of amides is 1. The molecular weight excluding hydrogens is 260 g/mol. The van der Waals surface area contributed by atoms with Crippen molar-refractivity contribution in [1.29, 1.82) is 0 Å². The summed E-state index contributed by atoms with van der Waals surface area (Å²) in [6.45, 7) is 0. The zero-order chi connectivity index (χ0) is 14.5. The molecule has 0 fully saturated rings. The van der Waals surface area contributed by atoms with Crippen LogP contribution in [0, 0.1) is 0 Å². The number of rotatable bonds is 4. The molecule has 0 spiro atoms. The normalized spacial score (nSPS) is 10.7. The van der Waals surface area contributed by atoms with Gasteiger partial charge in [0.05, 0.1) is 5.69 Å². The highest BCUT2D eigenvalue weighted by molar-refractivity contribution is 6.01. The van der Waals surface area contributed by atoms with Crippen LogP contribution in [-0.4, -0.2) is 31.7 Å². The minimum absolute atomic E-state index is 0.126. The van der Waals surface area contributed by atoms with Crippen molar-refractivity contribution in [2.45, 2.75) is 0 Å². The Hall–Kier alpha value is -2.96. The Balaban J connectivity index is 2.05. The van der Waals surface area contributed by atoms with Crippen molar-refractivity contribution in [3.63, 3.8) is 0 Å². The fourth-order valence-corrected chi connectivity index (χ4v) is 1.50. The Kier molecular flexibility index (Phi) is 3.90. The van der Waals surface area contributed by atoms with Crippen LogP contribution < -0.4 is 5.32 Å². The number of hydrogen-bond donors (Lipinski definition) is 2. The number of aromatic nitrogens is 3. The van der Waals surface area contributed by atoms with Crippen LogP contribution in [0.4, 0.5) is 5.82 Å². The van der Waals surface area contributed by atoms with Crippen LogP contribution in [0.2, 0.25) is 0 Å². The molecule has 0 aliphatic rings. The van der Waals surface area contributed by atoms with Crippen LogP contribution in [-0.2, 0) is 11.8 Å². The predicted octanol–water partition coefficient (Wildman–Crippen LogP) is 1.17. The van der Waals surface area contributed by atoms with Gasteiger partial charge in [0.25, 0.3) is 0 Å². The number of carbonyl (C=O) groups is 2. The summed E-state index contributed by atoms with van der Waals surface area (Å²) in [5, 5.41) is 15.3. The lowest BCUT2D eigenvalue weighted by Gasteiger charge is -2.02. The fraction of sp³-hybridized carbons (Fsp3) is 0.0769. The maximum atomic E-state index is 11.7. The Morgan fingerprint density at radius 3 is 2.80 bits per heavy atom. The molecular formula is C13H12N4O3. The van der Waals surface area contributed by atoms with Crippen molar-refractivity contribution >= 4 is 23.8 Å². The number of aromatic carboxylic acids is 1. The zero-order valence-electron chi connectivity index (χ0n) is 10.6. The molecule has 0 bridgehead atoms. The lowest BCUT2D eigenvalue weighted by atomic mass is 10.3. The van der Waals surface area contributed by atoms with Gasteiger partial charge >= 0.3 is 5.97 Å². The van der Waals surface area contributed by atoms with Crippen molar-refractivity contribution in [2.24, 2.45) is 7.05 Å². The van der Waals surface area contributed by atoms with Gasteiger partial charge in [-0.2, -0.15) is 5.10 Å². The van der Waals surface area contributed by atoms with Crippen LogP contribution in [0.5, 0.6) is 0 Å². The van der Waals surface area contributed by atoms with Crippen molar-refractivity contribution in [3.05, 3.63) is 47.9 Å². The molecule has 0 saturated heterocycles. The number of pyridine rings is 1. The Morgan fingerprint density at radius 1 is 1.35 bits per heavy atom. The summed E-state index contributed by atoms with van der Waals surface area (Å²) in [7, 11) is 1.76. The van der Waals surface area contributed by atoms with E-state index in [4.69, 9.17) is 5.11 Å². The van der Waals surface area contributed by atoms with Gasteiger partial charge in [-0.25, -0.2) is 9.78 Å². The summed E-state index contributed by atoms with van der Waals surface area (Å²) in [5.74, 6) is -1.36. The van der Waals surface area contributed by atoms with Crippen molar-refractivity contribution in [1.82, 2.24) is 14.8 Å². The molecule has 0 unspecified atom stereocenters. The van der Waals surface area contributed by atoms with Crippen LogP contribution in [0.3, 0.4) is 0 Å². The molecule has 2 aromatic rings. The van der Waals surface area contributed by atoms with Crippen LogP contribution >= 0.6 is 0 Å². The minimum atomic E-state index is -1.15. The first-order valence-electron chi connectivity index (χ1n) is 5.73. The van der Waals surface area contributed by atoms with E-state index in [1.807, 2.05) is 0 Å². The third-order valence-corrected chi connectivity index (χ3v) is 2.48. The summed E-state index contributed by atoms with van der Waals surface area (Å²) in [6.07, 6.45) is 4.55. The standard InChI is InChI=1S/C13H12N4O3/c1-17-9(7-8-14-17)5-6-12(18)16-11-4-2-3-10(15-11)13(19)20/h2-8H,1H3,(H,19,20)(H,15,16,18). The summed E-state index contributed by atoms with van der Waals surface area (Å²) in [6, 6.07) is 6.13. The molecule has 0 radical (unpaired) electrons. The van der Waals surface area contributed by atoms with E-state index in [0.717, 1.165) is 5.69 Å². The average molecular weight is 272 g/mol. The van der Waals surface area contributed by atoms with Crippen molar-refractivity contribution in [3.8, 4) is 0 Å². The van der Waals surface area contributed by atoms with Gasteiger partial charge in [-0.15, -0.1) is 0 Å². The van der Waals surface area contributed by atoms with Gasteiger partial charge in [0, 0.05) is 19.3 Å². The summed E-state index contributed by atoms with van der Waals surface area (Å²) < 4.78 is 1.62. The highest BCUT2D eigenvalue weighted by Crippen LogP contribution is 2.06. The summed E-state index contributed by atoms with van der Waals surface area (Å²) in [4.78, 5) is 26.2. The molecule has 1 amide bonds. The van der Waals surface area contributed by atoms with E-state index in [1.165, 1.54) is 24.3 Å². The van der Waals surface area contributed by atoms with Crippen LogP contribution in [0.1, 0.15) is 16.2 Å². The van der Waals surface area contributed by atoms with E-state index < -0.39 is 11.9 Å². The van der Waals surface area contributed by atoms with Crippen molar-refractivity contribution < 1.29 is 14.7 Å². The fourth-order valence-electron chi connectivity index (χ4n) is 1.50. The monoisotopic (exact) mass is 272 g/mol. The topological polar surface area (TPSA) is 97.1 Å². The second-order valence-electron chi connectivity index (χ2n) is 3.92. The highest BCUT2D eigenvalue weighted by Gasteiger charge is 2.06. The van der Waals surface area contributed by atoms with Crippen LogP contribution in [0.25, 0.3) is 6.08 Å². The first kappa shape index (κ1) is 13.5. The maximum absolute atomic E-state index is 11.7. The largest absolute Gasteiger partial charge is 0.477 e. The molecule has 0 aromatic carbocycles. The molecule has 2 aromatic heterocycles. The van der Waals surface area contributed by atoms with E-state index in [0.29, 0.717) is 0 Å². The molecule has 102 valence electrons. The number of hydrogen-bond acceptors (Lipinski definition) is 4. The molecule has 2 heterocycles. The third-order valence-electron chi connectivity index (χ3n) is 2.48. The number of carbonyl (C=O) groups excluding carboxylic acids is 1. The van der Waals surface area contributed by atoms with E-state index >= 15 is 0 Å². The third kappa shape index (κ3) is 3.29. The highest BCUT2D eigenvalue weighted by atomic mass is 16.4. The smallest absolute Gasteiger partial charge is 0.354 e. The minimum Gasteiger partial charge on any atom is -0.477 e. The lowest BCUT2D eigenvalue weighted by molar-refractivity contribution is -0.111. The Labute approximate surface area is 114 Å². The molecule has 2 rings (SSSR count). The summed E-state index contributed by atoms with van der Waals surface area (Å²) >= 11 is 0. The number of nitrogens with zero attached hydrogens (tertiary/aromatic N) is 3. The van der Waals surface area contributed by atoms with E-state index in [9.17, 15) is 9.59 Å². The second-order valence-corrected chi connectivity index (χ2v) is 3.92. The van der Waals surface area contributed by atoms with Gasteiger partial charge in [0.15, 0.2) is 5.69 Å². The molecule has 0 saturated carbocycles. The molecule has 7 nitrogen and oxygen atoms in total. The van der Waals surface area contributed by atoms with Gasteiger partial charge in [-0.05, 0) is 24.3 Å². The first-order chi connectivity index (χ1) is 9.56. The molecule has 7 heteroatoms. The van der Waals surface area contributed by atoms with E-state index in [2.05, 4.69) is 15.4 Å². The molecule has 2 N–H and O–H groups in total. The first-order valence-corrected chi connectivity index (χ1v) is 5.73.